The molecule has 1 aliphatic rings. The van der Waals surface area contributed by atoms with Gasteiger partial charge in [-0.2, -0.15) is 4.31 Å². The van der Waals surface area contributed by atoms with Crippen LogP contribution in [0.5, 0.6) is 0 Å². The van der Waals surface area contributed by atoms with E-state index in [1.54, 1.807) is 59.5 Å². The van der Waals surface area contributed by atoms with Crippen molar-refractivity contribution in [2.45, 2.75) is 4.90 Å². The molecular formula is C25H21ClN4O4S. The number of para-hydroxylation sites is 1. The Bertz CT molecular complexity index is 1560. The highest BCUT2D eigenvalue weighted by Crippen LogP contribution is 2.21. The van der Waals surface area contributed by atoms with E-state index in [1.807, 2.05) is 6.07 Å². The number of sulfonamides is 1. The lowest BCUT2D eigenvalue weighted by atomic mass is 10.1. The molecule has 0 aliphatic carbocycles. The Labute approximate surface area is 207 Å². The highest BCUT2D eigenvalue weighted by Gasteiger charge is 2.30. The molecule has 178 valence electrons. The van der Waals surface area contributed by atoms with Gasteiger partial charge in [0.05, 0.1) is 21.5 Å². The van der Waals surface area contributed by atoms with Gasteiger partial charge < -0.3 is 4.90 Å². The molecule has 2 heterocycles. The van der Waals surface area contributed by atoms with Gasteiger partial charge >= 0.3 is 0 Å². The highest BCUT2D eigenvalue weighted by molar-refractivity contribution is 7.89. The van der Waals surface area contributed by atoms with E-state index in [0.29, 0.717) is 27.2 Å². The lowest BCUT2D eigenvalue weighted by Crippen LogP contribution is -2.50. The number of rotatable bonds is 4. The Morgan fingerprint density at radius 1 is 0.857 bits per heavy atom. The van der Waals surface area contributed by atoms with Crippen molar-refractivity contribution in [3.63, 3.8) is 0 Å². The third-order valence-electron chi connectivity index (χ3n) is 6.04. The first kappa shape index (κ1) is 23.2. The largest absolute Gasteiger partial charge is 0.336 e. The molecule has 10 heteroatoms. The monoisotopic (exact) mass is 508 g/mol. The van der Waals surface area contributed by atoms with Gasteiger partial charge in [0.2, 0.25) is 10.0 Å². The molecule has 0 unspecified atom stereocenters. The molecule has 1 aliphatic heterocycles. The zero-order valence-corrected chi connectivity index (χ0v) is 20.1. The summed E-state index contributed by atoms with van der Waals surface area (Å²) in [4.78, 5) is 32.0. The summed E-state index contributed by atoms with van der Waals surface area (Å²) in [6.45, 7) is 0.961. The summed E-state index contributed by atoms with van der Waals surface area (Å²) >= 11 is 5.86. The van der Waals surface area contributed by atoms with E-state index in [9.17, 15) is 18.0 Å². The minimum Gasteiger partial charge on any atom is -0.336 e. The van der Waals surface area contributed by atoms with Crippen molar-refractivity contribution in [2.24, 2.45) is 0 Å². The van der Waals surface area contributed by atoms with Gasteiger partial charge in [0, 0.05) is 36.8 Å². The Morgan fingerprint density at radius 3 is 2.20 bits per heavy atom. The average Bonchev–Trinajstić information content (AvgIpc) is 2.89. The molecule has 3 aromatic carbocycles. The van der Waals surface area contributed by atoms with E-state index in [0.717, 1.165) is 0 Å². The molecule has 0 atom stereocenters. The summed E-state index contributed by atoms with van der Waals surface area (Å²) in [6, 6.07) is 19.9. The maximum Gasteiger partial charge on any atom is 0.265 e. The summed E-state index contributed by atoms with van der Waals surface area (Å²) in [5.74, 6) is -0.191. The first-order chi connectivity index (χ1) is 16.8. The fraction of sp³-hybridized carbons (Fsp3) is 0.160. The Kier molecular flexibility index (Phi) is 6.14. The maximum atomic E-state index is 13.0. The fourth-order valence-electron chi connectivity index (χ4n) is 4.09. The minimum atomic E-state index is -3.65. The second-order valence-electron chi connectivity index (χ2n) is 8.13. The van der Waals surface area contributed by atoms with Crippen molar-refractivity contribution in [3.05, 3.63) is 100 Å². The number of carbonyl (C=O) groups excluding carboxylic acids is 1. The van der Waals surface area contributed by atoms with Crippen LogP contribution in [0.15, 0.2) is 88.8 Å². The molecule has 8 nitrogen and oxygen atoms in total. The first-order valence-electron chi connectivity index (χ1n) is 11.0. The molecular weight excluding hydrogens is 488 g/mol. The molecule has 1 aromatic heterocycles. The van der Waals surface area contributed by atoms with Crippen LogP contribution >= 0.6 is 11.6 Å². The molecule has 0 spiro atoms. The lowest BCUT2D eigenvalue weighted by Gasteiger charge is -2.34. The second kappa shape index (κ2) is 9.26. The third-order valence-corrected chi connectivity index (χ3v) is 8.20. The van der Waals surface area contributed by atoms with Crippen LogP contribution in [0.4, 0.5) is 0 Å². The molecule has 35 heavy (non-hydrogen) atoms. The Balaban J connectivity index is 1.28. The van der Waals surface area contributed by atoms with Crippen molar-refractivity contribution in [2.75, 3.05) is 26.2 Å². The van der Waals surface area contributed by atoms with Gasteiger partial charge in [-0.05, 0) is 60.7 Å². The molecule has 1 fully saturated rings. The number of halogens is 1. The van der Waals surface area contributed by atoms with Crippen LogP contribution in [0, 0.1) is 0 Å². The summed E-state index contributed by atoms with van der Waals surface area (Å²) in [6.07, 6.45) is 1.47. The minimum absolute atomic E-state index is 0.177. The molecule has 1 amide bonds. The lowest BCUT2D eigenvalue weighted by molar-refractivity contribution is 0.0698. The number of fused-ring (bicyclic) bond motifs is 1. The molecule has 0 radical (unpaired) electrons. The van der Waals surface area contributed by atoms with E-state index >= 15 is 0 Å². The van der Waals surface area contributed by atoms with Crippen molar-refractivity contribution >= 4 is 38.4 Å². The summed E-state index contributed by atoms with van der Waals surface area (Å²) < 4.78 is 28.6. The number of piperazine rings is 1. The number of hydrogen-bond acceptors (Lipinski definition) is 5. The van der Waals surface area contributed by atoms with Crippen molar-refractivity contribution in [1.29, 1.82) is 0 Å². The van der Waals surface area contributed by atoms with E-state index in [4.69, 9.17) is 11.6 Å². The van der Waals surface area contributed by atoms with Gasteiger partial charge in [-0.3, -0.25) is 14.2 Å². The van der Waals surface area contributed by atoms with E-state index in [-0.39, 0.29) is 42.5 Å². The third kappa shape index (κ3) is 4.45. The SMILES string of the molecule is O=C(c1ccc(-n2cnc3ccccc3c2=O)cc1)N1CCN(S(=O)(=O)c2ccc(Cl)cc2)CC1. The fourth-order valence-corrected chi connectivity index (χ4v) is 5.64. The molecule has 0 bridgehead atoms. The van der Waals surface area contributed by atoms with Gasteiger partial charge in [0.1, 0.15) is 6.33 Å². The van der Waals surface area contributed by atoms with Gasteiger partial charge in [-0.15, -0.1) is 0 Å². The Hall–Kier alpha value is -3.53. The predicted octanol–water partition coefficient (Wildman–Crippen LogP) is 3.19. The van der Waals surface area contributed by atoms with Gasteiger partial charge in [-0.1, -0.05) is 23.7 Å². The van der Waals surface area contributed by atoms with Crippen LogP contribution in [0.25, 0.3) is 16.6 Å². The van der Waals surface area contributed by atoms with Crippen molar-refractivity contribution in [3.8, 4) is 5.69 Å². The zero-order chi connectivity index (χ0) is 24.6. The first-order valence-corrected chi connectivity index (χ1v) is 12.8. The van der Waals surface area contributed by atoms with Gasteiger partial charge in [0.15, 0.2) is 0 Å². The molecule has 0 N–H and O–H groups in total. The molecule has 5 rings (SSSR count). The highest BCUT2D eigenvalue weighted by atomic mass is 35.5. The van der Waals surface area contributed by atoms with Crippen molar-refractivity contribution < 1.29 is 13.2 Å². The number of nitrogens with zero attached hydrogens (tertiary/aromatic N) is 4. The predicted molar refractivity (Wildman–Crippen MR) is 133 cm³/mol. The van der Waals surface area contributed by atoms with E-state index in [2.05, 4.69) is 4.98 Å². The summed E-state index contributed by atoms with van der Waals surface area (Å²) in [5.41, 5.74) is 1.50. The standard InChI is InChI=1S/C25H21ClN4O4S/c26-19-7-11-21(12-8-19)35(33,34)29-15-13-28(14-16-29)24(31)18-5-9-20(10-6-18)30-17-27-23-4-2-1-3-22(23)25(30)32/h1-12,17H,13-16H2. The van der Waals surface area contributed by atoms with Crippen LogP contribution < -0.4 is 5.56 Å². The number of carbonyl (C=O) groups is 1. The average molecular weight is 509 g/mol. The number of hydrogen-bond donors (Lipinski definition) is 0. The molecule has 1 saturated heterocycles. The normalized spacial score (nSPS) is 14.8. The van der Waals surface area contributed by atoms with Gasteiger partial charge in [0.25, 0.3) is 11.5 Å². The summed E-state index contributed by atoms with van der Waals surface area (Å²) in [7, 11) is -3.65. The zero-order valence-electron chi connectivity index (χ0n) is 18.5. The summed E-state index contributed by atoms with van der Waals surface area (Å²) in [5, 5.41) is 0.980. The number of benzene rings is 3. The van der Waals surface area contributed by atoms with Crippen LogP contribution in [-0.4, -0.2) is 59.3 Å². The quantitative estimate of drug-likeness (QED) is 0.422. The van der Waals surface area contributed by atoms with Crippen LogP contribution in [0.3, 0.4) is 0 Å². The smallest absolute Gasteiger partial charge is 0.265 e. The van der Waals surface area contributed by atoms with Gasteiger partial charge in [-0.25, -0.2) is 13.4 Å². The number of aromatic nitrogens is 2. The molecule has 4 aromatic rings. The Morgan fingerprint density at radius 2 is 1.51 bits per heavy atom. The van der Waals surface area contributed by atoms with Crippen molar-refractivity contribution in [1.82, 2.24) is 18.8 Å². The number of amides is 1. The maximum absolute atomic E-state index is 13.0. The molecule has 0 saturated carbocycles. The van der Waals surface area contributed by atoms with E-state index < -0.39 is 10.0 Å². The van der Waals surface area contributed by atoms with E-state index in [1.165, 1.54) is 27.3 Å². The topological polar surface area (TPSA) is 92.6 Å². The van der Waals surface area contributed by atoms with Crippen LogP contribution in [0.1, 0.15) is 10.4 Å². The van der Waals surface area contributed by atoms with Crippen LogP contribution in [-0.2, 0) is 10.0 Å². The van der Waals surface area contributed by atoms with Crippen LogP contribution in [0.2, 0.25) is 5.02 Å². The second-order valence-corrected chi connectivity index (χ2v) is 10.5.